The van der Waals surface area contributed by atoms with Gasteiger partial charge in [0.05, 0.1) is 12.2 Å². The molecule has 1 atom stereocenters. The van der Waals surface area contributed by atoms with Crippen LogP contribution in [0.1, 0.15) is 19.3 Å². The van der Waals surface area contributed by atoms with Crippen LogP contribution < -0.4 is 5.32 Å². The van der Waals surface area contributed by atoms with E-state index in [0.29, 0.717) is 12.2 Å². The van der Waals surface area contributed by atoms with Crippen molar-refractivity contribution in [2.45, 2.75) is 31.5 Å². The molecule has 0 aromatic carbocycles. The van der Waals surface area contributed by atoms with E-state index in [1.54, 1.807) is 0 Å². The number of rotatable bonds is 2. The first-order chi connectivity index (χ1) is 4.45. The van der Waals surface area contributed by atoms with Gasteiger partial charge >= 0.3 is 0 Å². The first-order valence-corrected chi connectivity index (χ1v) is 3.81. The van der Waals surface area contributed by atoms with Gasteiger partial charge in [-0.1, -0.05) is 0 Å². The van der Waals surface area contributed by atoms with Crippen molar-refractivity contribution in [3.05, 3.63) is 0 Å². The zero-order valence-corrected chi connectivity index (χ0v) is 5.60. The lowest BCUT2D eigenvalue weighted by molar-refractivity contribution is 0.0536. The Labute approximate surface area is 55.6 Å². The quantitative estimate of drug-likeness (QED) is 0.584. The minimum Gasteiger partial charge on any atom is -0.374 e. The number of nitrogens with one attached hydrogen (secondary N) is 1. The average molecular weight is 127 g/mol. The lowest BCUT2D eigenvalue weighted by Gasteiger charge is -2.07. The molecule has 0 spiro atoms. The molecule has 1 aliphatic heterocycles. The van der Waals surface area contributed by atoms with E-state index in [9.17, 15) is 0 Å². The fourth-order valence-corrected chi connectivity index (χ4v) is 1.22. The summed E-state index contributed by atoms with van der Waals surface area (Å²) in [4.78, 5) is 0. The Kier molecular flexibility index (Phi) is 1.44. The van der Waals surface area contributed by atoms with Crippen LogP contribution in [-0.4, -0.2) is 25.3 Å². The number of hydrogen-bond acceptors (Lipinski definition) is 2. The number of ether oxygens (including phenoxy) is 1. The summed E-state index contributed by atoms with van der Waals surface area (Å²) in [6, 6.07) is 0. The molecule has 0 aromatic rings. The van der Waals surface area contributed by atoms with Gasteiger partial charge in [0.1, 0.15) is 0 Å². The van der Waals surface area contributed by atoms with E-state index in [2.05, 4.69) is 5.32 Å². The first kappa shape index (κ1) is 5.69. The smallest absolute Gasteiger partial charge is 0.0715 e. The Bertz CT molecular complexity index is 95.1. The highest BCUT2D eigenvalue weighted by Crippen LogP contribution is 2.26. The van der Waals surface area contributed by atoms with Crippen LogP contribution in [0.25, 0.3) is 0 Å². The predicted octanol–water partition coefficient (Wildman–Crippen LogP) is 0.527. The van der Waals surface area contributed by atoms with Gasteiger partial charge in [-0.25, -0.2) is 0 Å². The molecule has 1 N–H and O–H groups in total. The van der Waals surface area contributed by atoms with Crippen molar-refractivity contribution in [3.8, 4) is 0 Å². The molecule has 1 saturated carbocycles. The van der Waals surface area contributed by atoms with Crippen LogP contribution in [0.5, 0.6) is 0 Å². The first-order valence-electron chi connectivity index (χ1n) is 3.81. The third-order valence-electron chi connectivity index (χ3n) is 1.92. The maximum absolute atomic E-state index is 5.66. The van der Waals surface area contributed by atoms with Crippen LogP contribution in [0.4, 0.5) is 0 Å². The van der Waals surface area contributed by atoms with Crippen LogP contribution in [-0.2, 0) is 4.74 Å². The van der Waals surface area contributed by atoms with Crippen molar-refractivity contribution < 1.29 is 4.74 Å². The van der Waals surface area contributed by atoms with E-state index >= 15 is 0 Å². The van der Waals surface area contributed by atoms with Gasteiger partial charge in [-0.3, -0.25) is 0 Å². The van der Waals surface area contributed by atoms with Gasteiger partial charge in [0, 0.05) is 6.54 Å². The Morgan fingerprint density at radius 1 is 1.11 bits per heavy atom. The van der Waals surface area contributed by atoms with Crippen molar-refractivity contribution in [1.82, 2.24) is 5.32 Å². The van der Waals surface area contributed by atoms with Gasteiger partial charge in [0.25, 0.3) is 0 Å². The SMILES string of the molecule is C1CC(OC2CC2)CN1. The minimum absolute atomic E-state index is 0.539. The fourth-order valence-electron chi connectivity index (χ4n) is 1.22. The highest BCUT2D eigenvalue weighted by molar-refractivity contribution is 4.79. The van der Waals surface area contributed by atoms with Crippen molar-refractivity contribution in [1.29, 1.82) is 0 Å². The van der Waals surface area contributed by atoms with Gasteiger partial charge in [-0.15, -0.1) is 0 Å². The summed E-state index contributed by atoms with van der Waals surface area (Å²) in [5.41, 5.74) is 0. The van der Waals surface area contributed by atoms with Crippen molar-refractivity contribution in [2.24, 2.45) is 0 Å². The minimum atomic E-state index is 0.539. The molecule has 9 heavy (non-hydrogen) atoms. The molecule has 1 unspecified atom stereocenters. The lowest BCUT2D eigenvalue weighted by atomic mass is 10.3. The topological polar surface area (TPSA) is 21.3 Å². The van der Waals surface area contributed by atoms with Gasteiger partial charge in [-0.2, -0.15) is 0 Å². The molecule has 1 saturated heterocycles. The second-order valence-corrected chi connectivity index (χ2v) is 2.95. The molecule has 0 bridgehead atoms. The molecule has 2 rings (SSSR count). The molecular weight excluding hydrogens is 114 g/mol. The van der Waals surface area contributed by atoms with Gasteiger partial charge in [-0.05, 0) is 25.8 Å². The third kappa shape index (κ3) is 1.43. The van der Waals surface area contributed by atoms with E-state index < -0.39 is 0 Å². The zero-order valence-electron chi connectivity index (χ0n) is 5.60. The highest BCUT2D eigenvalue weighted by atomic mass is 16.5. The summed E-state index contributed by atoms with van der Waals surface area (Å²) < 4.78 is 5.66. The molecular formula is C7H13NO. The summed E-state index contributed by atoms with van der Waals surface area (Å²) in [6.07, 6.45) is 5.00. The van der Waals surface area contributed by atoms with E-state index in [1.807, 2.05) is 0 Å². The summed E-state index contributed by atoms with van der Waals surface area (Å²) in [5.74, 6) is 0. The fraction of sp³-hybridized carbons (Fsp3) is 1.00. The van der Waals surface area contributed by atoms with Crippen LogP contribution in [0.3, 0.4) is 0 Å². The van der Waals surface area contributed by atoms with Gasteiger partial charge in [0.2, 0.25) is 0 Å². The summed E-state index contributed by atoms with van der Waals surface area (Å²) in [5, 5.41) is 3.28. The van der Waals surface area contributed by atoms with Crippen LogP contribution in [0.2, 0.25) is 0 Å². The Balaban J connectivity index is 1.70. The van der Waals surface area contributed by atoms with Crippen molar-refractivity contribution in [2.75, 3.05) is 13.1 Å². The zero-order chi connectivity index (χ0) is 6.10. The second kappa shape index (κ2) is 2.27. The average Bonchev–Trinajstić information content (AvgIpc) is 2.46. The predicted molar refractivity (Wildman–Crippen MR) is 35.4 cm³/mol. The molecule has 2 nitrogen and oxygen atoms in total. The van der Waals surface area contributed by atoms with Gasteiger partial charge in [0.15, 0.2) is 0 Å². The summed E-state index contributed by atoms with van der Waals surface area (Å²) in [6.45, 7) is 2.23. The van der Waals surface area contributed by atoms with Gasteiger partial charge < -0.3 is 10.1 Å². The summed E-state index contributed by atoms with van der Waals surface area (Å²) in [7, 11) is 0. The molecule has 0 radical (unpaired) electrons. The van der Waals surface area contributed by atoms with Crippen LogP contribution >= 0.6 is 0 Å². The molecule has 2 aliphatic rings. The largest absolute Gasteiger partial charge is 0.374 e. The maximum atomic E-state index is 5.66. The van der Waals surface area contributed by atoms with Crippen LogP contribution in [0, 0.1) is 0 Å². The molecule has 1 heterocycles. The monoisotopic (exact) mass is 127 g/mol. The second-order valence-electron chi connectivity index (χ2n) is 2.95. The Morgan fingerprint density at radius 2 is 2.00 bits per heavy atom. The molecule has 2 heteroatoms. The van der Waals surface area contributed by atoms with E-state index in [1.165, 1.54) is 19.3 Å². The van der Waals surface area contributed by atoms with E-state index in [0.717, 1.165) is 13.1 Å². The molecule has 2 fully saturated rings. The van der Waals surface area contributed by atoms with E-state index in [-0.39, 0.29) is 0 Å². The van der Waals surface area contributed by atoms with E-state index in [4.69, 9.17) is 4.74 Å². The molecule has 52 valence electrons. The summed E-state index contributed by atoms with van der Waals surface area (Å²) >= 11 is 0. The highest BCUT2D eigenvalue weighted by Gasteiger charge is 2.27. The van der Waals surface area contributed by atoms with Crippen molar-refractivity contribution in [3.63, 3.8) is 0 Å². The standard InChI is InChI=1S/C7H13NO/c1-2-6(1)9-7-3-4-8-5-7/h6-8H,1-5H2. The molecule has 0 amide bonds. The molecule has 1 aliphatic carbocycles. The number of hydrogen-bond donors (Lipinski definition) is 1. The van der Waals surface area contributed by atoms with Crippen LogP contribution in [0.15, 0.2) is 0 Å². The third-order valence-corrected chi connectivity index (χ3v) is 1.92. The normalized spacial score (nSPS) is 35.3. The van der Waals surface area contributed by atoms with Crippen molar-refractivity contribution >= 4 is 0 Å². The molecule has 0 aromatic heterocycles. The lowest BCUT2D eigenvalue weighted by Crippen LogP contribution is -2.17. The Hall–Kier alpha value is -0.0800. The maximum Gasteiger partial charge on any atom is 0.0715 e. The Morgan fingerprint density at radius 3 is 2.56 bits per heavy atom.